The first-order valence-electron chi connectivity index (χ1n) is 11.5. The van der Waals surface area contributed by atoms with Gasteiger partial charge in [0.1, 0.15) is 5.82 Å². The van der Waals surface area contributed by atoms with Crippen LogP contribution in [0, 0.1) is 11.7 Å². The molecule has 2 atom stereocenters. The van der Waals surface area contributed by atoms with Crippen molar-refractivity contribution >= 4 is 22.5 Å². The molecular formula is C27H25FN4O. The molecule has 2 fully saturated rings. The van der Waals surface area contributed by atoms with Gasteiger partial charge in [-0.25, -0.2) is 9.07 Å². The van der Waals surface area contributed by atoms with E-state index in [4.69, 9.17) is 0 Å². The number of aromatic nitrogens is 2. The van der Waals surface area contributed by atoms with Gasteiger partial charge in [-0.2, -0.15) is 5.10 Å². The molecule has 166 valence electrons. The number of amides is 1. The lowest BCUT2D eigenvalue weighted by Crippen LogP contribution is -2.37. The van der Waals surface area contributed by atoms with E-state index >= 15 is 0 Å². The van der Waals surface area contributed by atoms with Crippen LogP contribution in [-0.4, -0.2) is 28.3 Å². The fourth-order valence-electron chi connectivity index (χ4n) is 4.85. The van der Waals surface area contributed by atoms with Crippen molar-refractivity contribution < 1.29 is 9.18 Å². The number of halogens is 1. The van der Waals surface area contributed by atoms with Gasteiger partial charge in [-0.1, -0.05) is 30.3 Å². The van der Waals surface area contributed by atoms with E-state index in [0.717, 1.165) is 40.3 Å². The highest BCUT2D eigenvalue weighted by Crippen LogP contribution is 2.39. The van der Waals surface area contributed by atoms with Crippen molar-refractivity contribution in [2.24, 2.45) is 5.92 Å². The second kappa shape index (κ2) is 8.12. The van der Waals surface area contributed by atoms with Crippen LogP contribution in [0.4, 0.5) is 10.1 Å². The number of hydrogen-bond donors (Lipinski definition) is 1. The van der Waals surface area contributed by atoms with E-state index in [1.807, 2.05) is 41.3 Å². The van der Waals surface area contributed by atoms with Crippen LogP contribution in [0.2, 0.25) is 0 Å². The Kier molecular flexibility index (Phi) is 4.95. The fraction of sp³-hybridized carbons (Fsp3) is 0.259. The molecule has 0 spiro atoms. The Hall–Kier alpha value is -3.51. The molecule has 1 aliphatic heterocycles. The molecule has 1 saturated heterocycles. The summed E-state index contributed by atoms with van der Waals surface area (Å²) in [6, 6.07) is 22.6. The van der Waals surface area contributed by atoms with Crippen LogP contribution in [-0.2, 0) is 4.79 Å². The van der Waals surface area contributed by atoms with Crippen LogP contribution in [0.15, 0.2) is 79.0 Å². The number of fused-ring (bicyclic) bond motifs is 1. The Bertz CT molecular complexity index is 1300. The van der Waals surface area contributed by atoms with Crippen LogP contribution in [0.5, 0.6) is 0 Å². The maximum absolute atomic E-state index is 13.3. The summed E-state index contributed by atoms with van der Waals surface area (Å²) in [5.74, 6) is 0.600. The van der Waals surface area contributed by atoms with Gasteiger partial charge in [-0.3, -0.25) is 4.79 Å². The molecule has 1 N–H and O–H groups in total. The lowest BCUT2D eigenvalue weighted by molar-refractivity contribution is -0.117. The first-order valence-corrected chi connectivity index (χ1v) is 11.5. The molecule has 6 heteroatoms. The smallest absolute Gasteiger partial charge is 0.229 e. The normalized spacial score (nSPS) is 20.6. The van der Waals surface area contributed by atoms with Crippen LogP contribution < -0.4 is 10.2 Å². The van der Waals surface area contributed by atoms with Crippen molar-refractivity contribution in [1.82, 2.24) is 15.1 Å². The van der Waals surface area contributed by atoms with Crippen LogP contribution in [0.3, 0.4) is 0 Å². The number of rotatable bonds is 6. The Balaban J connectivity index is 1.36. The topological polar surface area (TPSA) is 50.2 Å². The zero-order valence-corrected chi connectivity index (χ0v) is 18.2. The van der Waals surface area contributed by atoms with Gasteiger partial charge < -0.3 is 10.2 Å². The molecule has 4 aromatic rings. The third-order valence-electron chi connectivity index (χ3n) is 6.73. The van der Waals surface area contributed by atoms with E-state index < -0.39 is 0 Å². The monoisotopic (exact) mass is 440 g/mol. The summed E-state index contributed by atoms with van der Waals surface area (Å²) < 4.78 is 15.1. The number of hydrogen-bond acceptors (Lipinski definition) is 3. The minimum Gasteiger partial charge on any atom is -0.311 e. The molecule has 1 aliphatic carbocycles. The van der Waals surface area contributed by atoms with Gasteiger partial charge in [0.05, 0.1) is 23.4 Å². The van der Waals surface area contributed by atoms with Gasteiger partial charge in [0.25, 0.3) is 0 Å². The number of anilines is 1. The summed E-state index contributed by atoms with van der Waals surface area (Å²) in [5, 5.41) is 9.12. The second-order valence-electron chi connectivity index (χ2n) is 9.06. The number of carbonyl (C=O) groups excluding carboxylic acids is 1. The molecule has 1 amide bonds. The lowest BCUT2D eigenvalue weighted by atomic mass is 9.99. The van der Waals surface area contributed by atoms with Gasteiger partial charge in [0, 0.05) is 23.5 Å². The zero-order valence-electron chi connectivity index (χ0n) is 18.2. The van der Waals surface area contributed by atoms with Crippen molar-refractivity contribution in [3.63, 3.8) is 0 Å². The minimum atomic E-state index is -0.276. The van der Waals surface area contributed by atoms with Gasteiger partial charge in [-0.05, 0) is 73.3 Å². The molecule has 2 heterocycles. The molecule has 2 aliphatic rings. The molecule has 3 aromatic carbocycles. The van der Waals surface area contributed by atoms with E-state index in [9.17, 15) is 9.18 Å². The van der Waals surface area contributed by atoms with E-state index in [2.05, 4.69) is 22.5 Å². The first kappa shape index (κ1) is 20.1. The number of nitrogens with one attached hydrogen (secondary N) is 1. The van der Waals surface area contributed by atoms with Crippen LogP contribution in [0.25, 0.3) is 16.6 Å². The minimum absolute atomic E-state index is 0.0537. The van der Waals surface area contributed by atoms with Crippen molar-refractivity contribution in [2.75, 3.05) is 11.4 Å². The molecule has 0 unspecified atom stereocenters. The van der Waals surface area contributed by atoms with Crippen molar-refractivity contribution in [3.05, 3.63) is 90.4 Å². The first-order chi connectivity index (χ1) is 16.2. The highest BCUT2D eigenvalue weighted by atomic mass is 19.1. The summed E-state index contributed by atoms with van der Waals surface area (Å²) in [7, 11) is 0. The summed E-state index contributed by atoms with van der Waals surface area (Å²) in [4.78, 5) is 15.2. The van der Waals surface area contributed by atoms with Crippen LogP contribution in [0.1, 0.15) is 30.9 Å². The van der Waals surface area contributed by atoms with E-state index in [0.29, 0.717) is 6.42 Å². The van der Waals surface area contributed by atoms with Gasteiger partial charge in [0.2, 0.25) is 5.91 Å². The largest absolute Gasteiger partial charge is 0.311 e. The molecule has 6 rings (SSSR count). The van der Waals surface area contributed by atoms with Gasteiger partial charge in [0.15, 0.2) is 0 Å². The number of carbonyl (C=O) groups is 1. The van der Waals surface area contributed by atoms with E-state index in [-0.39, 0.29) is 23.8 Å². The summed E-state index contributed by atoms with van der Waals surface area (Å²) in [6.45, 7) is 0.971. The predicted octanol–water partition coefficient (Wildman–Crippen LogP) is 5.01. The lowest BCUT2D eigenvalue weighted by Gasteiger charge is -2.29. The van der Waals surface area contributed by atoms with Crippen molar-refractivity contribution in [3.8, 4) is 5.69 Å². The predicted molar refractivity (Wildman–Crippen MR) is 127 cm³/mol. The van der Waals surface area contributed by atoms with Gasteiger partial charge in [-0.15, -0.1) is 0 Å². The summed E-state index contributed by atoms with van der Waals surface area (Å²) in [6.07, 6.45) is 4.84. The molecule has 1 aromatic heterocycles. The Morgan fingerprint density at radius 3 is 2.48 bits per heavy atom. The zero-order chi connectivity index (χ0) is 22.4. The highest BCUT2D eigenvalue weighted by Gasteiger charge is 2.42. The average Bonchev–Trinajstić information content (AvgIpc) is 3.48. The maximum Gasteiger partial charge on any atom is 0.229 e. The molecule has 0 bridgehead atoms. The Morgan fingerprint density at radius 2 is 1.73 bits per heavy atom. The molecule has 5 nitrogen and oxygen atoms in total. The Labute approximate surface area is 191 Å². The average molecular weight is 441 g/mol. The maximum atomic E-state index is 13.3. The van der Waals surface area contributed by atoms with Gasteiger partial charge >= 0.3 is 0 Å². The highest BCUT2D eigenvalue weighted by molar-refractivity contribution is 5.99. The second-order valence-corrected chi connectivity index (χ2v) is 9.06. The summed E-state index contributed by atoms with van der Waals surface area (Å²) >= 11 is 0. The molecular weight excluding hydrogens is 415 g/mol. The Morgan fingerprint density at radius 1 is 0.970 bits per heavy atom. The SMILES string of the molecule is O=C1C[C@H](NCC2CC2)[C@@H](c2ccccc2)N1c1ccc2c(cnn2-c2ccc(F)cc2)c1. The molecule has 1 saturated carbocycles. The third kappa shape index (κ3) is 3.80. The van der Waals surface area contributed by atoms with Crippen LogP contribution >= 0.6 is 0 Å². The fourth-order valence-corrected chi connectivity index (χ4v) is 4.85. The summed E-state index contributed by atoms with van der Waals surface area (Å²) in [5.41, 5.74) is 3.72. The standard InChI is InChI=1S/C27H25FN4O/c28-21-8-10-22(11-9-21)32-25-13-12-23(14-20(25)17-30-32)31-26(33)15-24(29-16-18-6-7-18)27(31)19-4-2-1-3-5-19/h1-5,8-14,17-18,24,27,29H,6-7,15-16H2/t24-,27+/m0/s1. The third-order valence-corrected chi connectivity index (χ3v) is 6.73. The molecule has 0 radical (unpaired) electrons. The van der Waals surface area contributed by atoms with E-state index in [1.54, 1.807) is 23.0 Å². The van der Waals surface area contributed by atoms with E-state index in [1.165, 1.54) is 25.0 Å². The van der Waals surface area contributed by atoms with Crippen molar-refractivity contribution in [1.29, 1.82) is 0 Å². The number of benzene rings is 3. The molecule has 33 heavy (non-hydrogen) atoms. The number of nitrogens with zero attached hydrogens (tertiary/aromatic N) is 3. The quantitative estimate of drug-likeness (QED) is 0.459. The van der Waals surface area contributed by atoms with Crippen molar-refractivity contribution in [2.45, 2.75) is 31.3 Å².